The lowest BCUT2D eigenvalue weighted by Crippen LogP contribution is -2.56. The number of rotatable bonds is 13. The maximum absolute atomic E-state index is 14.7. The van der Waals surface area contributed by atoms with Gasteiger partial charge in [-0.1, -0.05) is 96.6 Å². The Bertz CT molecular complexity index is 1980. The van der Waals surface area contributed by atoms with Gasteiger partial charge in [-0.3, -0.25) is 13.9 Å². The third-order valence-electron chi connectivity index (χ3n) is 7.92. The van der Waals surface area contributed by atoms with Crippen molar-refractivity contribution in [2.75, 3.05) is 10.8 Å². The van der Waals surface area contributed by atoms with Crippen LogP contribution >= 0.6 is 0 Å². The van der Waals surface area contributed by atoms with E-state index in [0.29, 0.717) is 11.5 Å². The van der Waals surface area contributed by atoms with Gasteiger partial charge in [0.25, 0.3) is 10.0 Å². The largest absolute Gasteiger partial charge is 0.457 e. The number of sulfonamides is 1. The number of aryl methyl sites for hydroxylation is 1. The Kier molecular flexibility index (Phi) is 11.4. The van der Waals surface area contributed by atoms with E-state index in [2.05, 4.69) is 5.32 Å². The number of ether oxygens (including phenoxy) is 1. The molecule has 1 atom stereocenters. The predicted molar refractivity (Wildman–Crippen MR) is 197 cm³/mol. The van der Waals surface area contributed by atoms with Crippen molar-refractivity contribution in [3.63, 3.8) is 0 Å². The Hall–Kier alpha value is -5.41. The molecule has 0 saturated carbocycles. The number of para-hydroxylation sites is 1. The van der Waals surface area contributed by atoms with Gasteiger partial charge >= 0.3 is 0 Å². The molecule has 0 radical (unpaired) electrons. The second-order valence-corrected chi connectivity index (χ2v) is 15.1. The number of carbonyl (C=O) groups excluding carboxylic acids is 2. The lowest BCUT2D eigenvalue weighted by Gasteiger charge is -2.35. The van der Waals surface area contributed by atoms with Gasteiger partial charge in [0, 0.05) is 18.5 Å². The SMILES string of the molecule is Cc1cccc(CN(C(=O)CN(c2ccc(Oc3ccccc3)cc2)S(=O)(=O)c2ccccc2)C(Cc2ccccc2)C(=O)NC(C)(C)C)c1. The van der Waals surface area contributed by atoms with Crippen molar-refractivity contribution in [1.82, 2.24) is 10.2 Å². The van der Waals surface area contributed by atoms with Gasteiger partial charge in [-0.15, -0.1) is 0 Å². The van der Waals surface area contributed by atoms with Crippen LogP contribution in [0.4, 0.5) is 5.69 Å². The summed E-state index contributed by atoms with van der Waals surface area (Å²) in [6, 6.07) is 40.1. The fraction of sp³-hybridized carbons (Fsp3) is 0.220. The smallest absolute Gasteiger partial charge is 0.264 e. The zero-order valence-electron chi connectivity index (χ0n) is 28.8. The van der Waals surface area contributed by atoms with Gasteiger partial charge in [-0.25, -0.2) is 8.42 Å². The molecule has 0 saturated heterocycles. The Labute approximate surface area is 295 Å². The van der Waals surface area contributed by atoms with Gasteiger partial charge in [-0.2, -0.15) is 0 Å². The molecule has 0 aliphatic heterocycles. The van der Waals surface area contributed by atoms with Crippen molar-refractivity contribution in [3.05, 3.63) is 156 Å². The third-order valence-corrected chi connectivity index (χ3v) is 9.71. The number of nitrogens with one attached hydrogen (secondary N) is 1. The van der Waals surface area contributed by atoms with Crippen molar-refractivity contribution < 1.29 is 22.7 Å². The quantitative estimate of drug-likeness (QED) is 0.138. The number of nitrogens with zero attached hydrogens (tertiary/aromatic N) is 2. The number of hydrogen-bond donors (Lipinski definition) is 1. The molecule has 2 amide bonds. The van der Waals surface area contributed by atoms with Crippen LogP contribution in [0.25, 0.3) is 0 Å². The average molecular weight is 690 g/mol. The Morgan fingerprint density at radius 1 is 0.720 bits per heavy atom. The van der Waals surface area contributed by atoms with Crippen LogP contribution in [0.3, 0.4) is 0 Å². The Morgan fingerprint density at radius 2 is 1.28 bits per heavy atom. The molecule has 0 heterocycles. The Morgan fingerprint density at radius 3 is 1.88 bits per heavy atom. The molecule has 0 aliphatic rings. The van der Waals surface area contributed by atoms with E-state index in [-0.39, 0.29) is 29.5 Å². The molecule has 1 N–H and O–H groups in total. The molecule has 5 aromatic rings. The number of hydrogen-bond acceptors (Lipinski definition) is 5. The zero-order valence-corrected chi connectivity index (χ0v) is 29.6. The van der Waals surface area contributed by atoms with Gasteiger partial charge in [0.15, 0.2) is 0 Å². The summed E-state index contributed by atoms with van der Waals surface area (Å²) in [5, 5.41) is 3.06. The van der Waals surface area contributed by atoms with E-state index < -0.39 is 34.1 Å². The summed E-state index contributed by atoms with van der Waals surface area (Å²) < 4.78 is 35.6. The topological polar surface area (TPSA) is 96.0 Å². The molecule has 0 fully saturated rings. The van der Waals surface area contributed by atoms with E-state index >= 15 is 0 Å². The highest BCUT2D eigenvalue weighted by Gasteiger charge is 2.35. The maximum atomic E-state index is 14.7. The molecule has 1 unspecified atom stereocenters. The van der Waals surface area contributed by atoms with Gasteiger partial charge in [0.2, 0.25) is 11.8 Å². The van der Waals surface area contributed by atoms with Gasteiger partial charge < -0.3 is 15.0 Å². The van der Waals surface area contributed by atoms with Gasteiger partial charge in [0.05, 0.1) is 10.6 Å². The van der Waals surface area contributed by atoms with E-state index in [1.807, 2.05) is 113 Å². The van der Waals surface area contributed by atoms with Crippen LogP contribution in [0, 0.1) is 6.92 Å². The normalized spacial score (nSPS) is 12.1. The van der Waals surface area contributed by atoms with E-state index in [9.17, 15) is 18.0 Å². The van der Waals surface area contributed by atoms with Crippen LogP contribution in [0.2, 0.25) is 0 Å². The molecular weight excluding hydrogens is 647 g/mol. The molecule has 0 aromatic heterocycles. The minimum absolute atomic E-state index is 0.0361. The number of benzene rings is 5. The lowest BCUT2D eigenvalue weighted by molar-refractivity contribution is -0.140. The maximum Gasteiger partial charge on any atom is 0.264 e. The molecule has 50 heavy (non-hydrogen) atoms. The monoisotopic (exact) mass is 689 g/mol. The first-order chi connectivity index (χ1) is 23.9. The molecule has 0 bridgehead atoms. The first kappa shape index (κ1) is 35.9. The van der Waals surface area contributed by atoms with Crippen molar-refractivity contribution in [2.24, 2.45) is 0 Å². The molecule has 9 heteroatoms. The van der Waals surface area contributed by atoms with E-state index in [0.717, 1.165) is 21.0 Å². The zero-order chi connectivity index (χ0) is 35.7. The standard InChI is InChI=1S/C41H43N3O5S/c1-31-15-14-18-33(27-31)29-43(38(40(46)42-41(2,3)4)28-32-16-8-5-9-17-32)39(45)30-44(50(47,48)37-21-12-7-13-22-37)34-23-25-36(26-24-34)49-35-19-10-6-11-20-35/h5-27,38H,28-30H2,1-4H3,(H,42,46). The molecule has 8 nitrogen and oxygen atoms in total. The molecule has 5 aromatic carbocycles. The molecule has 258 valence electrons. The number of carbonyl (C=O) groups is 2. The third kappa shape index (κ3) is 9.60. The van der Waals surface area contributed by atoms with Crippen LogP contribution < -0.4 is 14.4 Å². The van der Waals surface area contributed by atoms with Crippen LogP contribution in [0.5, 0.6) is 11.5 Å². The minimum atomic E-state index is -4.22. The number of anilines is 1. The summed E-state index contributed by atoms with van der Waals surface area (Å²) in [6.45, 7) is 7.17. The van der Waals surface area contributed by atoms with Crippen molar-refractivity contribution in [3.8, 4) is 11.5 Å². The molecular formula is C41H43N3O5S. The first-order valence-electron chi connectivity index (χ1n) is 16.5. The van der Waals surface area contributed by atoms with E-state index in [1.165, 1.54) is 17.0 Å². The summed E-state index contributed by atoms with van der Waals surface area (Å²) in [5.74, 6) is 0.281. The van der Waals surface area contributed by atoms with Gasteiger partial charge in [0.1, 0.15) is 24.1 Å². The highest BCUT2D eigenvalue weighted by Crippen LogP contribution is 2.29. The van der Waals surface area contributed by atoms with Crippen molar-refractivity contribution in [1.29, 1.82) is 0 Å². The average Bonchev–Trinajstić information content (AvgIpc) is 3.09. The van der Waals surface area contributed by atoms with Crippen LogP contribution in [0.15, 0.2) is 144 Å². The summed E-state index contributed by atoms with van der Waals surface area (Å²) >= 11 is 0. The van der Waals surface area contributed by atoms with Crippen molar-refractivity contribution >= 4 is 27.5 Å². The highest BCUT2D eigenvalue weighted by molar-refractivity contribution is 7.92. The first-order valence-corrected chi connectivity index (χ1v) is 17.9. The highest BCUT2D eigenvalue weighted by atomic mass is 32.2. The van der Waals surface area contributed by atoms with Crippen LogP contribution in [-0.2, 0) is 32.6 Å². The molecule has 5 rings (SSSR count). The predicted octanol–water partition coefficient (Wildman–Crippen LogP) is 7.54. The molecule has 0 aliphatic carbocycles. The summed E-state index contributed by atoms with van der Waals surface area (Å²) in [7, 11) is -4.22. The van der Waals surface area contributed by atoms with E-state index in [1.54, 1.807) is 42.5 Å². The molecule has 0 spiro atoms. The fourth-order valence-electron chi connectivity index (χ4n) is 5.57. The summed E-state index contributed by atoms with van der Waals surface area (Å²) in [4.78, 5) is 30.3. The summed E-state index contributed by atoms with van der Waals surface area (Å²) in [5.41, 5.74) is 2.39. The second-order valence-electron chi connectivity index (χ2n) is 13.2. The van der Waals surface area contributed by atoms with Gasteiger partial charge in [-0.05, 0) is 87.4 Å². The minimum Gasteiger partial charge on any atom is -0.457 e. The van der Waals surface area contributed by atoms with Crippen LogP contribution in [-0.4, -0.2) is 43.3 Å². The Balaban J connectivity index is 1.56. The fourth-order valence-corrected chi connectivity index (χ4v) is 7.00. The van der Waals surface area contributed by atoms with Crippen molar-refractivity contribution in [2.45, 2.75) is 57.1 Å². The second kappa shape index (κ2) is 15.9. The number of amides is 2. The lowest BCUT2D eigenvalue weighted by atomic mass is 10.0. The van der Waals surface area contributed by atoms with Crippen LogP contribution in [0.1, 0.15) is 37.5 Å². The van der Waals surface area contributed by atoms with E-state index in [4.69, 9.17) is 4.74 Å². The summed E-state index contributed by atoms with van der Waals surface area (Å²) in [6.07, 6.45) is 0.233.